The molecule has 0 fully saturated rings. The molecule has 1 unspecified atom stereocenters. The van der Waals surface area contributed by atoms with Crippen molar-refractivity contribution in [3.8, 4) is 0 Å². The number of nitrogens with one attached hydrogen (secondary N) is 1. The highest BCUT2D eigenvalue weighted by atomic mass is 79.9. The van der Waals surface area contributed by atoms with E-state index in [1.165, 1.54) is 0 Å². The Morgan fingerprint density at radius 3 is 2.82 bits per heavy atom. The SMILES string of the molecule is CC(Cc1ccccc1Cl)Nc1ncc2c(Br)cccc2n1. The van der Waals surface area contributed by atoms with Gasteiger partial charge in [0.1, 0.15) is 0 Å². The van der Waals surface area contributed by atoms with Crippen molar-refractivity contribution >= 4 is 44.4 Å². The van der Waals surface area contributed by atoms with Gasteiger partial charge in [0.2, 0.25) is 5.95 Å². The van der Waals surface area contributed by atoms with Gasteiger partial charge in [0.05, 0.1) is 5.52 Å². The zero-order valence-corrected chi connectivity index (χ0v) is 14.4. The largest absolute Gasteiger partial charge is 0.351 e. The van der Waals surface area contributed by atoms with Crippen molar-refractivity contribution in [1.82, 2.24) is 9.97 Å². The molecule has 0 saturated heterocycles. The fourth-order valence-electron chi connectivity index (χ4n) is 2.35. The third-order valence-electron chi connectivity index (χ3n) is 3.43. The van der Waals surface area contributed by atoms with E-state index in [1.807, 2.05) is 48.7 Å². The molecule has 1 N–H and O–H groups in total. The van der Waals surface area contributed by atoms with Gasteiger partial charge in [0.25, 0.3) is 0 Å². The molecule has 0 bridgehead atoms. The number of hydrogen-bond acceptors (Lipinski definition) is 3. The van der Waals surface area contributed by atoms with E-state index in [0.29, 0.717) is 5.95 Å². The molecule has 3 nitrogen and oxygen atoms in total. The van der Waals surface area contributed by atoms with Crippen LogP contribution in [0.5, 0.6) is 0 Å². The first-order valence-electron chi connectivity index (χ1n) is 7.04. The Morgan fingerprint density at radius 1 is 1.18 bits per heavy atom. The Bertz CT molecular complexity index is 807. The molecule has 22 heavy (non-hydrogen) atoms. The monoisotopic (exact) mass is 375 g/mol. The van der Waals surface area contributed by atoms with Gasteiger partial charge in [-0.05, 0) is 37.1 Å². The molecule has 3 aromatic rings. The average Bonchev–Trinajstić information content (AvgIpc) is 2.50. The molecule has 1 atom stereocenters. The fraction of sp³-hybridized carbons (Fsp3) is 0.176. The number of aromatic nitrogens is 2. The maximum absolute atomic E-state index is 6.20. The van der Waals surface area contributed by atoms with Crippen molar-refractivity contribution in [2.24, 2.45) is 0 Å². The molecule has 0 spiro atoms. The van der Waals surface area contributed by atoms with Crippen LogP contribution in [0.4, 0.5) is 5.95 Å². The van der Waals surface area contributed by atoms with Crippen LogP contribution in [0.2, 0.25) is 5.02 Å². The molecule has 3 rings (SSSR count). The van der Waals surface area contributed by atoms with Crippen molar-refractivity contribution in [3.63, 3.8) is 0 Å². The quantitative estimate of drug-likeness (QED) is 0.689. The zero-order chi connectivity index (χ0) is 15.5. The Labute approximate surface area is 142 Å². The standard InChI is InChI=1S/C17H15BrClN3/c1-11(9-12-5-2-3-7-15(12)19)21-17-20-10-13-14(18)6-4-8-16(13)22-17/h2-8,10-11H,9H2,1H3,(H,20,21,22). The first-order chi connectivity index (χ1) is 10.6. The summed E-state index contributed by atoms with van der Waals surface area (Å²) in [6, 6.07) is 14.0. The third kappa shape index (κ3) is 3.39. The van der Waals surface area contributed by atoms with E-state index >= 15 is 0 Å². The van der Waals surface area contributed by atoms with Gasteiger partial charge in [-0.1, -0.05) is 51.8 Å². The van der Waals surface area contributed by atoms with Crippen molar-refractivity contribution < 1.29 is 0 Å². The Balaban J connectivity index is 1.77. The number of halogens is 2. The van der Waals surface area contributed by atoms with Crippen LogP contribution in [0.15, 0.2) is 53.1 Å². The lowest BCUT2D eigenvalue weighted by atomic mass is 10.1. The van der Waals surface area contributed by atoms with E-state index in [9.17, 15) is 0 Å². The van der Waals surface area contributed by atoms with E-state index in [2.05, 4.69) is 38.1 Å². The van der Waals surface area contributed by atoms with Crippen molar-refractivity contribution in [1.29, 1.82) is 0 Å². The summed E-state index contributed by atoms with van der Waals surface area (Å²) >= 11 is 9.71. The number of benzene rings is 2. The molecule has 112 valence electrons. The van der Waals surface area contributed by atoms with Crippen LogP contribution in [0.1, 0.15) is 12.5 Å². The first-order valence-corrected chi connectivity index (χ1v) is 8.22. The van der Waals surface area contributed by atoms with Crippen molar-refractivity contribution in [2.75, 3.05) is 5.32 Å². The minimum absolute atomic E-state index is 0.185. The summed E-state index contributed by atoms with van der Waals surface area (Å²) in [5.41, 5.74) is 2.03. The smallest absolute Gasteiger partial charge is 0.223 e. The predicted octanol–water partition coefficient (Wildman–Crippen LogP) is 5.09. The highest BCUT2D eigenvalue weighted by Crippen LogP contribution is 2.23. The molecular weight excluding hydrogens is 362 g/mol. The Morgan fingerprint density at radius 2 is 2.00 bits per heavy atom. The van der Waals surface area contributed by atoms with Gasteiger partial charge in [-0.2, -0.15) is 0 Å². The van der Waals surface area contributed by atoms with Gasteiger partial charge in [-0.25, -0.2) is 9.97 Å². The summed E-state index contributed by atoms with van der Waals surface area (Å²) in [5.74, 6) is 0.630. The zero-order valence-electron chi connectivity index (χ0n) is 12.1. The highest BCUT2D eigenvalue weighted by molar-refractivity contribution is 9.10. The van der Waals surface area contributed by atoms with Crippen molar-refractivity contribution in [2.45, 2.75) is 19.4 Å². The van der Waals surface area contributed by atoms with Crippen LogP contribution in [-0.4, -0.2) is 16.0 Å². The molecular formula is C17H15BrClN3. The van der Waals surface area contributed by atoms with Crippen LogP contribution in [0, 0.1) is 0 Å². The first kappa shape index (κ1) is 15.3. The van der Waals surface area contributed by atoms with Crippen molar-refractivity contribution in [3.05, 3.63) is 63.7 Å². The molecule has 0 aliphatic heterocycles. The third-order valence-corrected chi connectivity index (χ3v) is 4.49. The number of nitrogens with zero attached hydrogens (tertiary/aromatic N) is 2. The van der Waals surface area contributed by atoms with Crippen LogP contribution in [-0.2, 0) is 6.42 Å². The second-order valence-electron chi connectivity index (χ2n) is 5.21. The highest BCUT2D eigenvalue weighted by Gasteiger charge is 2.09. The molecule has 0 saturated carbocycles. The summed E-state index contributed by atoms with van der Waals surface area (Å²) in [4.78, 5) is 8.94. The Hall–Kier alpha value is -1.65. The number of fused-ring (bicyclic) bond motifs is 1. The lowest BCUT2D eigenvalue weighted by molar-refractivity contribution is 0.779. The molecule has 5 heteroatoms. The van der Waals surface area contributed by atoms with Crippen LogP contribution < -0.4 is 5.32 Å². The lowest BCUT2D eigenvalue weighted by Gasteiger charge is -2.15. The van der Waals surface area contributed by atoms with Gasteiger partial charge in [0, 0.05) is 27.1 Å². The van der Waals surface area contributed by atoms with Gasteiger partial charge in [0.15, 0.2) is 0 Å². The molecule has 1 aromatic heterocycles. The van der Waals surface area contributed by atoms with E-state index in [1.54, 1.807) is 0 Å². The van der Waals surface area contributed by atoms with Gasteiger partial charge in [-0.15, -0.1) is 0 Å². The molecule has 0 amide bonds. The second-order valence-corrected chi connectivity index (χ2v) is 6.47. The van der Waals surface area contributed by atoms with Crippen LogP contribution in [0.3, 0.4) is 0 Å². The number of anilines is 1. The fourth-order valence-corrected chi connectivity index (χ4v) is 3.03. The van der Waals surface area contributed by atoms with E-state index in [4.69, 9.17) is 11.6 Å². The topological polar surface area (TPSA) is 37.8 Å². The molecule has 0 aliphatic rings. The average molecular weight is 377 g/mol. The van der Waals surface area contributed by atoms with Crippen LogP contribution >= 0.6 is 27.5 Å². The van der Waals surface area contributed by atoms with E-state index < -0.39 is 0 Å². The number of hydrogen-bond donors (Lipinski definition) is 1. The molecule has 0 radical (unpaired) electrons. The summed E-state index contributed by atoms with van der Waals surface area (Å²) in [7, 11) is 0. The maximum atomic E-state index is 6.20. The lowest BCUT2D eigenvalue weighted by Crippen LogP contribution is -2.19. The minimum atomic E-state index is 0.185. The molecule has 0 aliphatic carbocycles. The summed E-state index contributed by atoms with van der Waals surface area (Å²) in [5, 5.41) is 5.13. The van der Waals surface area contributed by atoms with Gasteiger partial charge in [-0.3, -0.25) is 0 Å². The minimum Gasteiger partial charge on any atom is -0.351 e. The summed E-state index contributed by atoms with van der Waals surface area (Å²) < 4.78 is 1.00. The molecule has 2 aromatic carbocycles. The van der Waals surface area contributed by atoms with Crippen LogP contribution in [0.25, 0.3) is 10.9 Å². The normalized spacial score (nSPS) is 12.3. The van der Waals surface area contributed by atoms with Gasteiger partial charge < -0.3 is 5.32 Å². The van der Waals surface area contributed by atoms with E-state index in [0.717, 1.165) is 32.4 Å². The predicted molar refractivity (Wildman–Crippen MR) is 95.5 cm³/mol. The molecule has 1 heterocycles. The van der Waals surface area contributed by atoms with Gasteiger partial charge >= 0.3 is 0 Å². The maximum Gasteiger partial charge on any atom is 0.223 e. The summed E-state index contributed by atoms with van der Waals surface area (Å²) in [6.07, 6.45) is 2.65. The summed E-state index contributed by atoms with van der Waals surface area (Å²) in [6.45, 7) is 2.10. The Kier molecular flexibility index (Phi) is 4.60. The van der Waals surface area contributed by atoms with E-state index in [-0.39, 0.29) is 6.04 Å². The second kappa shape index (κ2) is 6.63. The number of rotatable bonds is 4.